The quantitative estimate of drug-likeness (QED) is 0.663. The highest BCUT2D eigenvalue weighted by Gasteiger charge is 2.56. The summed E-state index contributed by atoms with van der Waals surface area (Å²) in [6, 6.07) is 14.8. The predicted octanol–water partition coefficient (Wildman–Crippen LogP) is 3.78. The Morgan fingerprint density at radius 3 is 2.46 bits per heavy atom. The fourth-order valence-electron chi connectivity index (χ4n) is 5.14. The van der Waals surface area contributed by atoms with Gasteiger partial charge in [-0.25, -0.2) is 0 Å². The maximum atomic E-state index is 13.1. The van der Waals surface area contributed by atoms with E-state index in [9.17, 15) is 4.79 Å². The van der Waals surface area contributed by atoms with Crippen molar-refractivity contribution in [3.63, 3.8) is 0 Å². The number of halogens is 2. The van der Waals surface area contributed by atoms with Gasteiger partial charge in [-0.2, -0.15) is 0 Å². The number of hydrogen-bond donors (Lipinski definition) is 2. The van der Waals surface area contributed by atoms with E-state index in [0.29, 0.717) is 6.42 Å². The number of amides is 1. The monoisotopic (exact) mass is 505 g/mol. The van der Waals surface area contributed by atoms with Crippen LogP contribution in [0.15, 0.2) is 51.4 Å². The molecule has 28 heavy (non-hydrogen) atoms. The molecule has 1 heterocycles. The summed E-state index contributed by atoms with van der Waals surface area (Å²) in [5, 5.41) is 3.40. The number of fused-ring (bicyclic) bond motifs is 1. The number of rotatable bonds is 4. The van der Waals surface area contributed by atoms with Gasteiger partial charge in [-0.1, -0.05) is 63.0 Å². The Labute approximate surface area is 183 Å². The van der Waals surface area contributed by atoms with Gasteiger partial charge in [-0.05, 0) is 40.8 Å². The van der Waals surface area contributed by atoms with Crippen LogP contribution in [-0.4, -0.2) is 42.5 Å². The number of hydrogen-bond acceptors (Lipinski definition) is 3. The second kappa shape index (κ2) is 7.90. The maximum absolute atomic E-state index is 13.1. The minimum absolute atomic E-state index is 0.0144. The second-order valence-electron chi connectivity index (χ2n) is 7.87. The first-order valence-electron chi connectivity index (χ1n) is 9.73. The molecule has 6 heteroatoms. The van der Waals surface area contributed by atoms with Gasteiger partial charge in [0.25, 0.3) is 0 Å². The normalized spacial score (nSPS) is 26.0. The molecular weight excluding hydrogens is 482 g/mol. The molecule has 1 fully saturated rings. The molecule has 4 nitrogen and oxygen atoms in total. The van der Waals surface area contributed by atoms with Crippen molar-refractivity contribution in [2.24, 2.45) is 5.73 Å². The minimum Gasteiger partial charge on any atom is -0.368 e. The van der Waals surface area contributed by atoms with Crippen molar-refractivity contribution in [1.82, 2.24) is 10.2 Å². The fraction of sp³-hybridized carbons (Fsp3) is 0.409. The molecular formula is C22H25Br2N3O. The molecule has 0 spiro atoms. The number of carbonyl (C=O) groups is 1. The Morgan fingerprint density at radius 1 is 1.18 bits per heavy atom. The Balaban J connectivity index is 1.86. The van der Waals surface area contributed by atoms with Crippen LogP contribution in [-0.2, 0) is 11.2 Å². The largest absolute Gasteiger partial charge is 0.368 e. The summed E-state index contributed by atoms with van der Waals surface area (Å²) in [4.78, 5) is 15.4. The molecule has 0 radical (unpaired) electrons. The molecule has 0 aromatic heterocycles. The van der Waals surface area contributed by atoms with Gasteiger partial charge < -0.3 is 11.1 Å². The highest BCUT2D eigenvalue weighted by atomic mass is 79.9. The first-order chi connectivity index (χ1) is 13.4. The lowest BCUT2D eigenvalue weighted by atomic mass is 9.72. The molecule has 1 aliphatic heterocycles. The van der Waals surface area contributed by atoms with Gasteiger partial charge in [-0.15, -0.1) is 0 Å². The summed E-state index contributed by atoms with van der Waals surface area (Å²) in [7, 11) is 0. The van der Waals surface area contributed by atoms with E-state index in [1.54, 1.807) is 0 Å². The summed E-state index contributed by atoms with van der Waals surface area (Å²) in [6.45, 7) is 5.66. The van der Waals surface area contributed by atoms with Gasteiger partial charge in [0.2, 0.25) is 5.91 Å². The molecule has 1 aliphatic carbocycles. The van der Waals surface area contributed by atoms with Crippen LogP contribution >= 0.6 is 31.9 Å². The zero-order valence-electron chi connectivity index (χ0n) is 15.9. The number of primary amides is 1. The van der Waals surface area contributed by atoms with Crippen LogP contribution in [0.4, 0.5) is 0 Å². The smallest absolute Gasteiger partial charge is 0.238 e. The van der Waals surface area contributed by atoms with E-state index in [4.69, 9.17) is 5.73 Å². The van der Waals surface area contributed by atoms with Gasteiger partial charge >= 0.3 is 0 Å². The molecule has 1 saturated heterocycles. The highest BCUT2D eigenvalue weighted by Crippen LogP contribution is 2.52. The molecule has 0 bridgehead atoms. The van der Waals surface area contributed by atoms with E-state index in [1.165, 1.54) is 16.7 Å². The van der Waals surface area contributed by atoms with Gasteiger partial charge in [0.1, 0.15) is 5.54 Å². The molecule has 1 amide bonds. The lowest BCUT2D eigenvalue weighted by molar-refractivity contribution is -0.132. The minimum atomic E-state index is -0.694. The van der Waals surface area contributed by atoms with Crippen molar-refractivity contribution in [3.8, 4) is 0 Å². The molecule has 2 aromatic carbocycles. The van der Waals surface area contributed by atoms with Crippen LogP contribution in [0.3, 0.4) is 0 Å². The molecule has 2 aromatic rings. The SMILES string of the molecule is C[C@@H](c1cc(Br)cc(Br)c1)C1c2ccccc2CC1(C(N)=O)N1CCNCC1. The van der Waals surface area contributed by atoms with Gasteiger partial charge in [-0.3, -0.25) is 9.69 Å². The van der Waals surface area contributed by atoms with Crippen molar-refractivity contribution in [2.45, 2.75) is 30.7 Å². The average molecular weight is 507 g/mol. The fourth-order valence-corrected chi connectivity index (χ4v) is 6.47. The van der Waals surface area contributed by atoms with E-state index >= 15 is 0 Å². The lowest BCUT2D eigenvalue weighted by Crippen LogP contribution is -2.65. The third-order valence-corrected chi connectivity index (χ3v) is 7.30. The Hall–Kier alpha value is -1.21. The summed E-state index contributed by atoms with van der Waals surface area (Å²) < 4.78 is 2.06. The maximum Gasteiger partial charge on any atom is 0.238 e. The highest BCUT2D eigenvalue weighted by molar-refractivity contribution is 9.11. The first kappa shape index (κ1) is 20.1. The first-order valence-corrected chi connectivity index (χ1v) is 11.3. The molecule has 148 valence electrons. The van der Waals surface area contributed by atoms with Gasteiger partial charge in [0, 0.05) is 47.5 Å². The topological polar surface area (TPSA) is 58.4 Å². The van der Waals surface area contributed by atoms with Crippen LogP contribution in [0.5, 0.6) is 0 Å². The Kier molecular flexibility index (Phi) is 5.67. The molecule has 0 saturated carbocycles. The molecule has 4 rings (SSSR count). The molecule has 2 aliphatic rings. The Bertz CT molecular complexity index is 877. The number of nitrogens with zero attached hydrogens (tertiary/aromatic N) is 1. The number of benzene rings is 2. The third-order valence-electron chi connectivity index (χ3n) is 6.38. The zero-order valence-corrected chi connectivity index (χ0v) is 19.1. The number of carbonyl (C=O) groups excluding carboxylic acids is 1. The van der Waals surface area contributed by atoms with Crippen molar-refractivity contribution in [1.29, 1.82) is 0 Å². The van der Waals surface area contributed by atoms with E-state index in [0.717, 1.165) is 35.1 Å². The van der Waals surface area contributed by atoms with E-state index in [2.05, 4.69) is 85.4 Å². The van der Waals surface area contributed by atoms with Crippen LogP contribution < -0.4 is 11.1 Å². The van der Waals surface area contributed by atoms with Crippen molar-refractivity contribution in [3.05, 3.63) is 68.1 Å². The van der Waals surface area contributed by atoms with Gasteiger partial charge in [0.05, 0.1) is 0 Å². The van der Waals surface area contributed by atoms with E-state index in [-0.39, 0.29) is 17.7 Å². The van der Waals surface area contributed by atoms with Crippen LogP contribution in [0.25, 0.3) is 0 Å². The number of nitrogens with one attached hydrogen (secondary N) is 1. The van der Waals surface area contributed by atoms with E-state index in [1.807, 2.05) is 6.07 Å². The van der Waals surface area contributed by atoms with E-state index < -0.39 is 5.54 Å². The molecule has 3 atom stereocenters. The predicted molar refractivity (Wildman–Crippen MR) is 120 cm³/mol. The van der Waals surface area contributed by atoms with Crippen LogP contribution in [0.2, 0.25) is 0 Å². The number of piperazine rings is 1. The second-order valence-corrected chi connectivity index (χ2v) is 9.70. The van der Waals surface area contributed by atoms with Crippen molar-refractivity contribution < 1.29 is 4.79 Å². The third kappa shape index (κ3) is 3.34. The zero-order chi connectivity index (χ0) is 19.9. The summed E-state index contributed by atoms with van der Waals surface area (Å²) in [6.07, 6.45) is 0.683. The standard InChI is InChI=1S/C22H25Br2N3O/c1-14(16-10-17(23)12-18(24)11-16)20-19-5-3-2-4-15(19)13-22(20,21(25)28)27-8-6-26-7-9-27/h2-5,10-12,14,20,26H,6-9,13H2,1H3,(H2,25,28)/t14-,20?,22?/m0/s1. The van der Waals surface area contributed by atoms with Gasteiger partial charge in [0.15, 0.2) is 0 Å². The lowest BCUT2D eigenvalue weighted by Gasteiger charge is -2.47. The summed E-state index contributed by atoms with van der Waals surface area (Å²) in [5.74, 6) is -0.0585. The average Bonchev–Trinajstić information content (AvgIpc) is 3.03. The van der Waals surface area contributed by atoms with Crippen molar-refractivity contribution in [2.75, 3.05) is 26.2 Å². The molecule has 3 N–H and O–H groups in total. The molecule has 2 unspecified atom stereocenters. The van der Waals surface area contributed by atoms with Crippen LogP contribution in [0, 0.1) is 0 Å². The number of nitrogens with two attached hydrogens (primary N) is 1. The Morgan fingerprint density at radius 2 is 1.82 bits per heavy atom. The summed E-state index contributed by atoms with van der Waals surface area (Å²) >= 11 is 7.23. The summed E-state index contributed by atoms with van der Waals surface area (Å²) in [5.41, 5.74) is 9.19. The van der Waals surface area contributed by atoms with Crippen molar-refractivity contribution >= 4 is 37.8 Å². The van der Waals surface area contributed by atoms with Crippen LogP contribution in [0.1, 0.15) is 35.4 Å².